The molecule has 6 heteroatoms. The first kappa shape index (κ1) is 18.9. The first-order valence-electron chi connectivity index (χ1n) is 9.10. The molecule has 0 saturated carbocycles. The molecule has 0 aliphatic carbocycles. The van der Waals surface area contributed by atoms with Crippen LogP contribution in [0.5, 0.6) is 5.75 Å². The van der Waals surface area contributed by atoms with E-state index in [0.717, 1.165) is 25.9 Å². The predicted octanol–water partition coefficient (Wildman–Crippen LogP) is 3.72. The Balaban J connectivity index is 1.63. The van der Waals surface area contributed by atoms with Gasteiger partial charge in [-0.15, -0.1) is 0 Å². The number of halogens is 1. The number of likely N-dealkylation sites (tertiary alicyclic amines) is 1. The van der Waals surface area contributed by atoms with Crippen LogP contribution in [0.1, 0.15) is 30.1 Å². The fourth-order valence-electron chi connectivity index (χ4n) is 3.04. The van der Waals surface area contributed by atoms with Gasteiger partial charge < -0.3 is 15.0 Å². The van der Waals surface area contributed by atoms with E-state index in [2.05, 4.69) is 12.2 Å². The van der Waals surface area contributed by atoms with E-state index in [1.165, 1.54) is 12.1 Å². The number of piperidine rings is 1. The molecule has 1 heterocycles. The summed E-state index contributed by atoms with van der Waals surface area (Å²) in [6.45, 7) is 3.33. The molecule has 142 valence electrons. The Labute approximate surface area is 158 Å². The van der Waals surface area contributed by atoms with Crippen LogP contribution in [0, 0.1) is 11.7 Å². The van der Waals surface area contributed by atoms with Crippen LogP contribution in [0.25, 0.3) is 0 Å². The Kier molecular flexibility index (Phi) is 6.06. The van der Waals surface area contributed by atoms with Crippen LogP contribution < -0.4 is 10.1 Å². The number of hydrogen-bond donors (Lipinski definition) is 1. The number of ether oxygens (including phenoxy) is 1. The Morgan fingerprint density at radius 2 is 1.78 bits per heavy atom. The van der Waals surface area contributed by atoms with Gasteiger partial charge in [-0.25, -0.2) is 4.39 Å². The average molecular weight is 370 g/mol. The SMILES string of the molecule is CC1CCN(C(=O)c2ccccc2OCC(=O)Nc2ccccc2F)CC1. The molecule has 1 N–H and O–H groups in total. The summed E-state index contributed by atoms with van der Waals surface area (Å²) in [5.41, 5.74) is 0.531. The number of benzene rings is 2. The monoisotopic (exact) mass is 370 g/mol. The molecular weight excluding hydrogens is 347 g/mol. The van der Waals surface area contributed by atoms with Crippen molar-refractivity contribution in [1.29, 1.82) is 0 Å². The van der Waals surface area contributed by atoms with E-state index in [4.69, 9.17) is 4.74 Å². The second kappa shape index (κ2) is 8.66. The molecule has 3 rings (SSSR count). The minimum atomic E-state index is -0.513. The summed E-state index contributed by atoms with van der Waals surface area (Å²) >= 11 is 0. The average Bonchev–Trinajstić information content (AvgIpc) is 2.68. The van der Waals surface area contributed by atoms with Gasteiger partial charge in [-0.05, 0) is 43.0 Å². The molecule has 1 aliphatic heterocycles. The van der Waals surface area contributed by atoms with Crippen molar-refractivity contribution in [3.8, 4) is 5.75 Å². The van der Waals surface area contributed by atoms with E-state index in [-0.39, 0.29) is 18.2 Å². The number of rotatable bonds is 5. The fourth-order valence-corrected chi connectivity index (χ4v) is 3.04. The molecular formula is C21H23FN2O3. The van der Waals surface area contributed by atoms with E-state index < -0.39 is 11.7 Å². The first-order chi connectivity index (χ1) is 13.0. The lowest BCUT2D eigenvalue weighted by atomic mass is 9.98. The minimum absolute atomic E-state index is 0.0907. The van der Waals surface area contributed by atoms with Gasteiger partial charge in [0.2, 0.25) is 0 Å². The summed E-state index contributed by atoms with van der Waals surface area (Å²) in [5.74, 6) is -0.116. The summed E-state index contributed by atoms with van der Waals surface area (Å²) in [5, 5.41) is 2.46. The normalized spacial score (nSPS) is 14.7. The van der Waals surface area contributed by atoms with Crippen LogP contribution in [-0.4, -0.2) is 36.4 Å². The Morgan fingerprint density at radius 1 is 1.11 bits per heavy atom. The van der Waals surface area contributed by atoms with Crippen molar-refractivity contribution in [3.05, 3.63) is 59.9 Å². The molecule has 0 unspecified atom stereocenters. The van der Waals surface area contributed by atoms with Gasteiger partial charge in [0.25, 0.3) is 11.8 Å². The van der Waals surface area contributed by atoms with Gasteiger partial charge in [-0.2, -0.15) is 0 Å². The van der Waals surface area contributed by atoms with E-state index in [9.17, 15) is 14.0 Å². The quantitative estimate of drug-likeness (QED) is 0.873. The van der Waals surface area contributed by atoms with Gasteiger partial charge in [0.15, 0.2) is 6.61 Å². The topological polar surface area (TPSA) is 58.6 Å². The zero-order chi connectivity index (χ0) is 19.2. The molecule has 2 aromatic carbocycles. The molecule has 2 amide bonds. The summed E-state index contributed by atoms with van der Waals surface area (Å²) in [4.78, 5) is 26.7. The number of carbonyl (C=O) groups is 2. The third-order valence-electron chi connectivity index (χ3n) is 4.70. The zero-order valence-corrected chi connectivity index (χ0v) is 15.3. The summed E-state index contributed by atoms with van der Waals surface area (Å²) < 4.78 is 19.2. The van der Waals surface area contributed by atoms with E-state index in [1.807, 2.05) is 4.90 Å². The summed E-state index contributed by atoms with van der Waals surface area (Å²) in [6.07, 6.45) is 1.97. The highest BCUT2D eigenvalue weighted by Gasteiger charge is 2.23. The number of nitrogens with zero attached hydrogens (tertiary/aromatic N) is 1. The lowest BCUT2D eigenvalue weighted by molar-refractivity contribution is -0.118. The molecule has 0 spiro atoms. The third kappa shape index (κ3) is 4.84. The van der Waals surface area contributed by atoms with E-state index in [0.29, 0.717) is 17.2 Å². The van der Waals surface area contributed by atoms with E-state index in [1.54, 1.807) is 36.4 Å². The maximum atomic E-state index is 13.6. The maximum absolute atomic E-state index is 13.6. The van der Waals surface area contributed by atoms with E-state index >= 15 is 0 Å². The molecule has 0 aromatic heterocycles. The maximum Gasteiger partial charge on any atom is 0.262 e. The molecule has 1 saturated heterocycles. The Bertz CT molecular complexity index is 817. The van der Waals surface area contributed by atoms with Crippen LogP contribution in [0.2, 0.25) is 0 Å². The van der Waals surface area contributed by atoms with Crippen molar-refractivity contribution < 1.29 is 18.7 Å². The zero-order valence-electron chi connectivity index (χ0n) is 15.3. The van der Waals surface area contributed by atoms with Gasteiger partial charge in [0, 0.05) is 13.1 Å². The van der Waals surface area contributed by atoms with Gasteiger partial charge >= 0.3 is 0 Å². The molecule has 0 bridgehead atoms. The highest BCUT2D eigenvalue weighted by atomic mass is 19.1. The Hall–Kier alpha value is -2.89. The molecule has 2 aromatic rings. The molecule has 5 nitrogen and oxygen atoms in total. The van der Waals surface area contributed by atoms with Gasteiger partial charge in [-0.1, -0.05) is 31.2 Å². The second-order valence-electron chi connectivity index (χ2n) is 6.79. The molecule has 0 atom stereocenters. The highest BCUT2D eigenvalue weighted by molar-refractivity contribution is 5.97. The number of para-hydroxylation sites is 2. The van der Waals surface area contributed by atoms with Crippen LogP contribution in [-0.2, 0) is 4.79 Å². The lowest BCUT2D eigenvalue weighted by Gasteiger charge is -2.30. The highest BCUT2D eigenvalue weighted by Crippen LogP contribution is 2.23. The molecule has 27 heavy (non-hydrogen) atoms. The number of hydrogen-bond acceptors (Lipinski definition) is 3. The fraction of sp³-hybridized carbons (Fsp3) is 0.333. The molecule has 1 fully saturated rings. The van der Waals surface area contributed by atoms with Crippen LogP contribution in [0.4, 0.5) is 10.1 Å². The smallest absolute Gasteiger partial charge is 0.262 e. The standard InChI is InChI=1S/C21H23FN2O3/c1-15-10-12-24(13-11-15)21(26)16-6-2-5-9-19(16)27-14-20(25)23-18-8-4-3-7-17(18)22/h2-9,15H,10-14H2,1H3,(H,23,25). The van der Waals surface area contributed by atoms with Gasteiger partial charge in [0.05, 0.1) is 11.3 Å². The molecule has 1 aliphatic rings. The van der Waals surface area contributed by atoms with Crippen LogP contribution >= 0.6 is 0 Å². The third-order valence-corrected chi connectivity index (χ3v) is 4.70. The predicted molar refractivity (Wildman–Crippen MR) is 101 cm³/mol. The number of anilines is 1. The number of amides is 2. The van der Waals surface area contributed by atoms with Crippen LogP contribution in [0.15, 0.2) is 48.5 Å². The van der Waals surface area contributed by atoms with Crippen molar-refractivity contribution in [2.75, 3.05) is 25.0 Å². The second-order valence-corrected chi connectivity index (χ2v) is 6.79. The largest absolute Gasteiger partial charge is 0.483 e. The molecule has 0 radical (unpaired) electrons. The summed E-state index contributed by atoms with van der Waals surface area (Å²) in [6, 6.07) is 12.8. The van der Waals surface area contributed by atoms with Crippen molar-refractivity contribution in [1.82, 2.24) is 4.90 Å². The lowest BCUT2D eigenvalue weighted by Crippen LogP contribution is -2.38. The van der Waals surface area contributed by atoms with Crippen molar-refractivity contribution in [3.63, 3.8) is 0 Å². The number of carbonyl (C=O) groups excluding carboxylic acids is 2. The number of nitrogens with one attached hydrogen (secondary N) is 1. The van der Waals surface area contributed by atoms with Crippen molar-refractivity contribution in [2.24, 2.45) is 5.92 Å². The Morgan fingerprint density at radius 3 is 2.52 bits per heavy atom. The minimum Gasteiger partial charge on any atom is -0.483 e. The van der Waals surface area contributed by atoms with Gasteiger partial charge in [-0.3, -0.25) is 9.59 Å². The summed E-state index contributed by atoms with van der Waals surface area (Å²) in [7, 11) is 0. The van der Waals surface area contributed by atoms with Gasteiger partial charge in [0.1, 0.15) is 11.6 Å². The van der Waals surface area contributed by atoms with Crippen molar-refractivity contribution in [2.45, 2.75) is 19.8 Å². The van der Waals surface area contributed by atoms with Crippen molar-refractivity contribution >= 4 is 17.5 Å². The van der Waals surface area contributed by atoms with Crippen LogP contribution in [0.3, 0.4) is 0 Å². The first-order valence-corrected chi connectivity index (χ1v) is 9.10.